The second-order valence-corrected chi connectivity index (χ2v) is 6.26. The monoisotopic (exact) mass is 318 g/mol. The SMILES string of the molecule is CCCCOc1ccc(NC(=O)[C@H]2CC(=O)N(C(C)C)C2)cc1. The highest BCUT2D eigenvalue weighted by molar-refractivity contribution is 5.97. The number of anilines is 1. The molecule has 1 N–H and O–H groups in total. The van der Waals surface area contributed by atoms with E-state index in [9.17, 15) is 9.59 Å². The van der Waals surface area contributed by atoms with Gasteiger partial charge in [-0.25, -0.2) is 0 Å². The number of ether oxygens (including phenoxy) is 1. The van der Waals surface area contributed by atoms with E-state index in [0.29, 0.717) is 19.6 Å². The Kier molecular flexibility index (Phi) is 6.02. The molecule has 1 aliphatic heterocycles. The van der Waals surface area contributed by atoms with E-state index < -0.39 is 0 Å². The van der Waals surface area contributed by atoms with E-state index in [0.717, 1.165) is 24.3 Å². The Balaban J connectivity index is 1.87. The summed E-state index contributed by atoms with van der Waals surface area (Å²) in [4.78, 5) is 25.9. The van der Waals surface area contributed by atoms with Crippen molar-refractivity contribution in [1.82, 2.24) is 4.90 Å². The molecule has 1 saturated heterocycles. The van der Waals surface area contributed by atoms with Gasteiger partial charge in [0.15, 0.2) is 0 Å². The Morgan fingerprint density at radius 3 is 2.61 bits per heavy atom. The average molecular weight is 318 g/mol. The first-order valence-electron chi connectivity index (χ1n) is 8.34. The van der Waals surface area contributed by atoms with Crippen molar-refractivity contribution in [3.05, 3.63) is 24.3 Å². The van der Waals surface area contributed by atoms with Crippen molar-refractivity contribution in [3.8, 4) is 5.75 Å². The summed E-state index contributed by atoms with van der Waals surface area (Å²) in [5, 5.41) is 2.88. The molecule has 126 valence electrons. The van der Waals surface area contributed by atoms with Crippen LogP contribution in [0.4, 0.5) is 5.69 Å². The molecule has 23 heavy (non-hydrogen) atoms. The highest BCUT2D eigenvalue weighted by atomic mass is 16.5. The number of benzene rings is 1. The van der Waals surface area contributed by atoms with E-state index in [-0.39, 0.29) is 23.8 Å². The Labute approximate surface area is 138 Å². The summed E-state index contributed by atoms with van der Waals surface area (Å²) in [7, 11) is 0. The Morgan fingerprint density at radius 1 is 1.35 bits per heavy atom. The number of hydrogen-bond donors (Lipinski definition) is 1. The van der Waals surface area contributed by atoms with Crippen molar-refractivity contribution in [2.24, 2.45) is 5.92 Å². The molecular weight excluding hydrogens is 292 g/mol. The Hall–Kier alpha value is -2.04. The van der Waals surface area contributed by atoms with Gasteiger partial charge in [0.05, 0.1) is 12.5 Å². The highest BCUT2D eigenvalue weighted by Gasteiger charge is 2.35. The molecule has 1 fully saturated rings. The fourth-order valence-corrected chi connectivity index (χ4v) is 2.62. The first kappa shape index (κ1) is 17.3. The molecule has 0 aliphatic carbocycles. The molecule has 1 aliphatic rings. The standard InChI is InChI=1S/C18H26N2O3/c1-4-5-10-23-16-8-6-15(7-9-16)19-18(22)14-11-17(21)20(12-14)13(2)3/h6-9,13-14H,4-5,10-12H2,1-3H3,(H,19,22)/t14-/m0/s1. The van der Waals surface area contributed by atoms with Crippen molar-refractivity contribution in [2.45, 2.75) is 46.1 Å². The lowest BCUT2D eigenvalue weighted by atomic mass is 10.1. The van der Waals surface area contributed by atoms with E-state index >= 15 is 0 Å². The van der Waals surface area contributed by atoms with Crippen LogP contribution in [0.15, 0.2) is 24.3 Å². The molecule has 0 unspecified atom stereocenters. The molecule has 5 nitrogen and oxygen atoms in total. The number of carbonyl (C=O) groups is 2. The van der Waals surface area contributed by atoms with Crippen LogP contribution in [-0.4, -0.2) is 35.9 Å². The minimum absolute atomic E-state index is 0.0554. The summed E-state index contributed by atoms with van der Waals surface area (Å²) in [5.74, 6) is 0.491. The van der Waals surface area contributed by atoms with Crippen LogP contribution < -0.4 is 10.1 Å². The van der Waals surface area contributed by atoms with Crippen molar-refractivity contribution >= 4 is 17.5 Å². The Morgan fingerprint density at radius 2 is 2.04 bits per heavy atom. The topological polar surface area (TPSA) is 58.6 Å². The number of nitrogens with zero attached hydrogens (tertiary/aromatic N) is 1. The first-order valence-corrected chi connectivity index (χ1v) is 8.34. The molecule has 1 heterocycles. The molecule has 0 radical (unpaired) electrons. The molecule has 1 aromatic carbocycles. The highest BCUT2D eigenvalue weighted by Crippen LogP contribution is 2.22. The smallest absolute Gasteiger partial charge is 0.229 e. The third-order valence-electron chi connectivity index (χ3n) is 4.04. The summed E-state index contributed by atoms with van der Waals surface area (Å²) in [6.07, 6.45) is 2.42. The van der Waals surface area contributed by atoms with Crippen LogP contribution in [0.3, 0.4) is 0 Å². The van der Waals surface area contributed by atoms with E-state index in [4.69, 9.17) is 4.74 Å². The zero-order valence-electron chi connectivity index (χ0n) is 14.2. The van der Waals surface area contributed by atoms with Crippen LogP contribution in [0.25, 0.3) is 0 Å². The largest absolute Gasteiger partial charge is 0.494 e. The van der Waals surface area contributed by atoms with Crippen LogP contribution in [0.2, 0.25) is 0 Å². The predicted octanol–water partition coefficient (Wildman–Crippen LogP) is 3.06. The van der Waals surface area contributed by atoms with Gasteiger partial charge < -0.3 is 15.0 Å². The number of hydrogen-bond acceptors (Lipinski definition) is 3. The number of nitrogens with one attached hydrogen (secondary N) is 1. The van der Waals surface area contributed by atoms with Gasteiger partial charge in [0.25, 0.3) is 0 Å². The van der Waals surface area contributed by atoms with Gasteiger partial charge in [-0.05, 0) is 44.5 Å². The predicted molar refractivity (Wildman–Crippen MR) is 90.4 cm³/mol. The molecule has 2 rings (SSSR count). The van der Waals surface area contributed by atoms with Crippen LogP contribution in [-0.2, 0) is 9.59 Å². The average Bonchev–Trinajstić information content (AvgIpc) is 2.91. The fraction of sp³-hybridized carbons (Fsp3) is 0.556. The molecule has 2 amide bonds. The lowest BCUT2D eigenvalue weighted by Crippen LogP contribution is -2.33. The summed E-state index contributed by atoms with van der Waals surface area (Å²) in [5.41, 5.74) is 0.730. The van der Waals surface area contributed by atoms with Crippen molar-refractivity contribution in [3.63, 3.8) is 0 Å². The molecule has 0 spiro atoms. The molecule has 1 atom stereocenters. The zero-order chi connectivity index (χ0) is 16.8. The van der Waals surface area contributed by atoms with E-state index in [1.807, 2.05) is 38.1 Å². The van der Waals surface area contributed by atoms with Gasteiger partial charge in [-0.2, -0.15) is 0 Å². The minimum atomic E-state index is -0.273. The number of unbranched alkanes of at least 4 members (excludes halogenated alkanes) is 1. The number of amides is 2. The summed E-state index contributed by atoms with van der Waals surface area (Å²) in [6.45, 7) is 7.26. The van der Waals surface area contributed by atoms with Gasteiger partial charge in [-0.3, -0.25) is 9.59 Å². The fourth-order valence-electron chi connectivity index (χ4n) is 2.62. The Bertz CT molecular complexity index is 540. The third-order valence-corrected chi connectivity index (χ3v) is 4.04. The molecule has 0 saturated carbocycles. The van der Waals surface area contributed by atoms with E-state index in [1.54, 1.807) is 4.90 Å². The van der Waals surface area contributed by atoms with Crippen LogP contribution >= 0.6 is 0 Å². The molecule has 1 aromatic rings. The summed E-state index contributed by atoms with van der Waals surface area (Å²) >= 11 is 0. The van der Waals surface area contributed by atoms with Crippen molar-refractivity contribution in [2.75, 3.05) is 18.5 Å². The summed E-state index contributed by atoms with van der Waals surface area (Å²) < 4.78 is 5.60. The van der Waals surface area contributed by atoms with Crippen molar-refractivity contribution < 1.29 is 14.3 Å². The van der Waals surface area contributed by atoms with E-state index in [1.165, 1.54) is 0 Å². The third kappa shape index (κ3) is 4.71. The maximum absolute atomic E-state index is 12.3. The van der Waals surface area contributed by atoms with Crippen LogP contribution in [0.1, 0.15) is 40.0 Å². The van der Waals surface area contributed by atoms with E-state index in [2.05, 4.69) is 12.2 Å². The lowest BCUT2D eigenvalue weighted by molar-refractivity contribution is -0.129. The van der Waals surface area contributed by atoms with Crippen LogP contribution in [0.5, 0.6) is 5.75 Å². The van der Waals surface area contributed by atoms with Crippen molar-refractivity contribution in [1.29, 1.82) is 0 Å². The maximum Gasteiger partial charge on any atom is 0.229 e. The van der Waals surface area contributed by atoms with Gasteiger partial charge in [0, 0.05) is 24.7 Å². The number of rotatable bonds is 7. The second kappa shape index (κ2) is 7.99. The normalized spacial score (nSPS) is 17.7. The zero-order valence-corrected chi connectivity index (χ0v) is 14.2. The maximum atomic E-state index is 12.3. The number of likely N-dealkylation sites (tertiary alicyclic amines) is 1. The quantitative estimate of drug-likeness (QED) is 0.786. The lowest BCUT2D eigenvalue weighted by Gasteiger charge is -2.20. The molecule has 0 bridgehead atoms. The minimum Gasteiger partial charge on any atom is -0.494 e. The molecular formula is C18H26N2O3. The van der Waals surface area contributed by atoms with Crippen LogP contribution in [0, 0.1) is 5.92 Å². The second-order valence-electron chi connectivity index (χ2n) is 6.26. The number of carbonyl (C=O) groups excluding carboxylic acids is 2. The van der Waals surface area contributed by atoms with Gasteiger partial charge in [0.2, 0.25) is 11.8 Å². The molecule has 5 heteroatoms. The van der Waals surface area contributed by atoms with Gasteiger partial charge in [0.1, 0.15) is 5.75 Å². The van der Waals surface area contributed by atoms with Gasteiger partial charge in [-0.1, -0.05) is 13.3 Å². The molecule has 0 aromatic heterocycles. The first-order chi connectivity index (χ1) is 11.0. The van der Waals surface area contributed by atoms with Gasteiger partial charge in [-0.15, -0.1) is 0 Å². The summed E-state index contributed by atoms with van der Waals surface area (Å²) in [6, 6.07) is 7.50. The van der Waals surface area contributed by atoms with Gasteiger partial charge >= 0.3 is 0 Å².